The van der Waals surface area contributed by atoms with Crippen LogP contribution in [0.15, 0.2) is 82.3 Å². The first-order valence-corrected chi connectivity index (χ1v) is 10.8. The number of hydrogen-bond donors (Lipinski definition) is 1. The van der Waals surface area contributed by atoms with Gasteiger partial charge in [-0.3, -0.25) is 4.72 Å². The predicted octanol–water partition coefficient (Wildman–Crippen LogP) is 3.90. The molecule has 0 saturated heterocycles. The van der Waals surface area contributed by atoms with Crippen LogP contribution in [0.5, 0.6) is 0 Å². The average molecular weight is 429 g/mol. The Hall–Kier alpha value is -4.16. The molecule has 31 heavy (non-hydrogen) atoms. The Morgan fingerprint density at radius 1 is 0.968 bits per heavy atom. The number of furan rings is 1. The molecule has 0 radical (unpaired) electrons. The molecule has 2 aromatic carbocycles. The number of aromatic nitrogens is 3. The van der Waals surface area contributed by atoms with Gasteiger partial charge < -0.3 is 8.98 Å². The molecule has 0 aliphatic heterocycles. The lowest BCUT2D eigenvalue weighted by Crippen LogP contribution is -2.17. The third kappa shape index (κ3) is 3.29. The van der Waals surface area contributed by atoms with E-state index in [0.29, 0.717) is 28.0 Å². The van der Waals surface area contributed by atoms with Crippen molar-refractivity contribution in [2.45, 2.75) is 11.4 Å². The molecule has 0 bridgehead atoms. The molecule has 0 aliphatic carbocycles. The smallest absolute Gasteiger partial charge is 0.263 e. The van der Waals surface area contributed by atoms with Crippen LogP contribution in [0.1, 0.15) is 11.3 Å². The maximum Gasteiger partial charge on any atom is 0.263 e. The highest BCUT2D eigenvalue weighted by Gasteiger charge is 2.25. The van der Waals surface area contributed by atoms with Crippen LogP contribution in [0.2, 0.25) is 0 Å². The first kappa shape index (κ1) is 18.8. The third-order valence-electron chi connectivity index (χ3n) is 4.84. The fourth-order valence-corrected chi connectivity index (χ4v) is 4.51. The molecule has 0 saturated carbocycles. The molecule has 0 amide bonds. The van der Waals surface area contributed by atoms with Crippen molar-refractivity contribution >= 4 is 38.0 Å². The Kier molecular flexibility index (Phi) is 4.42. The van der Waals surface area contributed by atoms with E-state index in [9.17, 15) is 13.7 Å². The minimum absolute atomic E-state index is 0.0831. The quantitative estimate of drug-likeness (QED) is 0.453. The first-order valence-electron chi connectivity index (χ1n) is 9.36. The van der Waals surface area contributed by atoms with Crippen LogP contribution in [0, 0.1) is 11.3 Å². The molecule has 5 rings (SSSR count). The Balaban J connectivity index is 1.77. The molecule has 9 heteroatoms. The number of nitriles is 1. The van der Waals surface area contributed by atoms with Crippen molar-refractivity contribution < 1.29 is 12.8 Å². The van der Waals surface area contributed by atoms with Gasteiger partial charge in [0, 0.05) is 0 Å². The molecule has 3 heterocycles. The van der Waals surface area contributed by atoms with Crippen molar-refractivity contribution in [3.8, 4) is 6.07 Å². The van der Waals surface area contributed by atoms with E-state index < -0.39 is 10.0 Å². The van der Waals surface area contributed by atoms with Crippen LogP contribution in [-0.2, 0) is 16.6 Å². The molecular weight excluding hydrogens is 414 g/mol. The zero-order valence-electron chi connectivity index (χ0n) is 16.1. The van der Waals surface area contributed by atoms with Crippen molar-refractivity contribution in [2.24, 2.45) is 0 Å². The number of nitrogens with one attached hydrogen (secondary N) is 1. The predicted molar refractivity (Wildman–Crippen MR) is 115 cm³/mol. The van der Waals surface area contributed by atoms with Crippen molar-refractivity contribution in [3.63, 3.8) is 0 Å². The molecule has 0 atom stereocenters. The molecule has 1 N–H and O–H groups in total. The highest BCUT2D eigenvalue weighted by Crippen LogP contribution is 2.31. The van der Waals surface area contributed by atoms with Gasteiger partial charge in [0.05, 0.1) is 28.7 Å². The highest BCUT2D eigenvalue weighted by atomic mass is 32.2. The van der Waals surface area contributed by atoms with Gasteiger partial charge >= 0.3 is 0 Å². The lowest BCUT2D eigenvalue weighted by atomic mass is 10.2. The van der Waals surface area contributed by atoms with E-state index in [1.807, 2.05) is 18.2 Å². The maximum atomic E-state index is 13.0. The molecule has 8 nitrogen and oxygen atoms in total. The van der Waals surface area contributed by atoms with E-state index in [2.05, 4.69) is 20.8 Å². The molecule has 0 unspecified atom stereocenters. The highest BCUT2D eigenvalue weighted by molar-refractivity contribution is 7.92. The van der Waals surface area contributed by atoms with Crippen LogP contribution in [0.3, 0.4) is 0 Å². The molecule has 0 fully saturated rings. The van der Waals surface area contributed by atoms with Crippen molar-refractivity contribution in [3.05, 3.63) is 84.3 Å². The third-order valence-corrected chi connectivity index (χ3v) is 6.20. The summed E-state index contributed by atoms with van der Waals surface area (Å²) < 4.78 is 35.7. The number of sulfonamides is 1. The Bertz CT molecular complexity index is 1550. The Morgan fingerprint density at radius 2 is 1.68 bits per heavy atom. The zero-order chi connectivity index (χ0) is 21.4. The normalized spacial score (nSPS) is 11.6. The number of hydrogen-bond acceptors (Lipinski definition) is 6. The summed E-state index contributed by atoms with van der Waals surface area (Å²) in [5.41, 5.74) is 2.05. The molecular formula is C22H15N5O3S. The zero-order valence-corrected chi connectivity index (χ0v) is 16.9. The molecule has 0 spiro atoms. The topological polar surface area (TPSA) is 114 Å². The summed E-state index contributed by atoms with van der Waals surface area (Å²) in [6, 6.07) is 20.8. The van der Waals surface area contributed by atoms with Crippen molar-refractivity contribution in [1.29, 1.82) is 5.26 Å². The van der Waals surface area contributed by atoms with Crippen LogP contribution in [0.4, 0.5) is 5.82 Å². The van der Waals surface area contributed by atoms with Gasteiger partial charge in [0.1, 0.15) is 28.7 Å². The summed E-state index contributed by atoms with van der Waals surface area (Å²) in [7, 11) is -3.95. The number of rotatable bonds is 5. The van der Waals surface area contributed by atoms with Gasteiger partial charge in [-0.1, -0.05) is 30.3 Å². The average Bonchev–Trinajstić information content (AvgIpc) is 3.39. The summed E-state index contributed by atoms with van der Waals surface area (Å²) in [6.07, 6.45) is 1.53. The second kappa shape index (κ2) is 7.27. The van der Waals surface area contributed by atoms with Gasteiger partial charge in [0.2, 0.25) is 0 Å². The lowest BCUT2D eigenvalue weighted by molar-refractivity contribution is 0.497. The monoisotopic (exact) mass is 429 g/mol. The molecule has 3 aromatic heterocycles. The molecule has 0 aliphatic rings. The van der Waals surface area contributed by atoms with Gasteiger partial charge in [0.15, 0.2) is 5.65 Å². The van der Waals surface area contributed by atoms with Crippen LogP contribution < -0.4 is 4.72 Å². The van der Waals surface area contributed by atoms with Crippen molar-refractivity contribution in [1.82, 2.24) is 14.5 Å². The summed E-state index contributed by atoms with van der Waals surface area (Å²) in [4.78, 5) is 9.34. The van der Waals surface area contributed by atoms with Gasteiger partial charge in [-0.2, -0.15) is 5.26 Å². The van der Waals surface area contributed by atoms with E-state index >= 15 is 0 Å². The summed E-state index contributed by atoms with van der Waals surface area (Å²) in [6.45, 7) is 0.171. The SMILES string of the molecule is N#Cc1c(NS(=O)(=O)c2ccccc2)n(Cc2ccco2)c2nc3ccccc3nc12. The maximum absolute atomic E-state index is 13.0. The molecule has 152 valence electrons. The number of anilines is 1. The fourth-order valence-electron chi connectivity index (χ4n) is 3.41. The number of benzene rings is 2. The fraction of sp³-hybridized carbons (Fsp3) is 0.0455. The van der Waals surface area contributed by atoms with Gasteiger partial charge in [-0.05, 0) is 36.4 Å². The van der Waals surface area contributed by atoms with Crippen LogP contribution in [-0.4, -0.2) is 23.0 Å². The number of nitrogens with zero attached hydrogens (tertiary/aromatic N) is 4. The van der Waals surface area contributed by atoms with E-state index in [1.165, 1.54) is 18.4 Å². The van der Waals surface area contributed by atoms with Gasteiger partial charge in [-0.25, -0.2) is 18.4 Å². The first-order chi connectivity index (χ1) is 15.1. The Morgan fingerprint density at radius 3 is 2.35 bits per heavy atom. The van der Waals surface area contributed by atoms with Crippen molar-refractivity contribution in [2.75, 3.05) is 4.72 Å². The Labute approximate surface area is 177 Å². The summed E-state index contributed by atoms with van der Waals surface area (Å²) in [5.74, 6) is 0.671. The minimum atomic E-state index is -3.95. The van der Waals surface area contributed by atoms with Crippen LogP contribution >= 0.6 is 0 Å². The standard InChI is InChI=1S/C22H15N5O3S/c23-13-17-20-22(25-19-11-5-4-10-18(19)24-20)27(14-15-7-6-12-30-15)21(17)26-31(28,29)16-8-2-1-3-9-16/h1-12,26H,14H2. The summed E-state index contributed by atoms with van der Waals surface area (Å²) >= 11 is 0. The second-order valence-electron chi connectivity index (χ2n) is 6.80. The summed E-state index contributed by atoms with van der Waals surface area (Å²) in [5, 5.41) is 9.91. The van der Waals surface area contributed by atoms with E-state index in [4.69, 9.17) is 4.42 Å². The lowest BCUT2D eigenvalue weighted by Gasteiger charge is -2.12. The number of fused-ring (bicyclic) bond motifs is 2. The largest absolute Gasteiger partial charge is 0.467 e. The van der Waals surface area contributed by atoms with Gasteiger partial charge in [0.25, 0.3) is 10.0 Å². The van der Waals surface area contributed by atoms with E-state index in [-0.39, 0.29) is 22.8 Å². The second-order valence-corrected chi connectivity index (χ2v) is 8.49. The van der Waals surface area contributed by atoms with E-state index in [0.717, 1.165) is 0 Å². The number of para-hydroxylation sites is 2. The van der Waals surface area contributed by atoms with Crippen LogP contribution in [0.25, 0.3) is 22.2 Å². The minimum Gasteiger partial charge on any atom is -0.467 e. The van der Waals surface area contributed by atoms with E-state index in [1.54, 1.807) is 41.0 Å². The van der Waals surface area contributed by atoms with Gasteiger partial charge in [-0.15, -0.1) is 0 Å². The molecule has 5 aromatic rings.